The lowest BCUT2D eigenvalue weighted by Gasteiger charge is -2.27. The Kier molecular flexibility index (Phi) is 17.8. The number of carboxylic acids is 1. The van der Waals surface area contributed by atoms with Crippen molar-refractivity contribution < 1.29 is 109 Å². The summed E-state index contributed by atoms with van der Waals surface area (Å²) in [7, 11) is -11.9. The van der Waals surface area contributed by atoms with Gasteiger partial charge in [-0.05, 0) is 14.1 Å². The lowest BCUT2D eigenvalue weighted by molar-refractivity contribution is -0.646. The molecular weight excluding hydrogens is 1190 g/mol. The maximum Gasteiger partial charge on any atom is 0.490 e. The number of imidazole rings is 3. The summed E-state index contributed by atoms with van der Waals surface area (Å²) in [6.45, 7) is -2.77. The molecule has 16 N–H and O–H groups in total. The monoisotopic (exact) mass is 1240 g/mol. The fourth-order valence-corrected chi connectivity index (χ4v) is 12.8. The lowest BCUT2D eigenvalue weighted by Crippen LogP contribution is -2.44. The van der Waals surface area contributed by atoms with Gasteiger partial charge >= 0.3 is 35.0 Å². The van der Waals surface area contributed by atoms with Gasteiger partial charge in [-0.3, -0.25) is 47.5 Å². The number of likely N-dealkylation sites (N-methyl/N-ethyl adjacent to an activating group) is 1. The topological polar surface area (TPSA) is 574 Å². The van der Waals surface area contributed by atoms with Gasteiger partial charge in [0.05, 0.1) is 58.8 Å². The number of anilines is 3. The summed E-state index contributed by atoms with van der Waals surface area (Å²) in [5.41, 5.74) is 14.2. The number of nitrogens with one attached hydrogen (secondary N) is 3. The lowest BCUT2D eigenvalue weighted by atomic mass is 9.99. The molecule has 0 aromatic carbocycles. The number of phosphoric acid groups is 3. The number of aliphatic hydroxyl groups is 3. The van der Waals surface area contributed by atoms with Crippen LogP contribution in [0, 0.1) is 5.92 Å². The molecule has 0 aliphatic carbocycles. The number of aromatic nitrogens is 12. The number of carbonyl (C=O) groups is 1. The van der Waals surface area contributed by atoms with Crippen LogP contribution in [0.5, 0.6) is 0 Å². The van der Waals surface area contributed by atoms with Gasteiger partial charge in [0, 0.05) is 19.6 Å². The van der Waals surface area contributed by atoms with Gasteiger partial charge in [0.25, 0.3) is 28.6 Å². The highest BCUT2D eigenvalue weighted by atomic mass is 31.3. The van der Waals surface area contributed by atoms with Gasteiger partial charge in [-0.25, -0.2) is 33.0 Å². The third-order valence-corrected chi connectivity index (χ3v) is 17.3. The van der Waals surface area contributed by atoms with Crippen molar-refractivity contribution in [2.24, 2.45) is 13.0 Å². The predicted octanol–water partition coefficient (Wildman–Crippen LogP) is -5.27. The normalized spacial score (nSPS) is 28.3. The number of methoxy groups -OCH3 is 1. The van der Waals surface area contributed by atoms with Crippen molar-refractivity contribution in [3.05, 3.63) is 50.0 Å². The van der Waals surface area contributed by atoms with Gasteiger partial charge in [-0.1, -0.05) is 0 Å². The number of rotatable bonds is 25. The maximum absolute atomic E-state index is 13.4. The molecule has 3 aliphatic rings. The molecule has 9 heterocycles. The first-order chi connectivity index (χ1) is 39.1. The Bertz CT molecular complexity index is 3710. The number of H-pyrrole nitrogens is 3. The van der Waals surface area contributed by atoms with Crippen molar-refractivity contribution in [2.45, 2.75) is 73.8 Å². The first-order valence-corrected chi connectivity index (χ1v) is 28.7. The molecule has 0 spiro atoms. The number of aliphatic hydroxyl groups excluding tert-OH is 3. The van der Waals surface area contributed by atoms with Crippen LogP contribution in [0.4, 0.5) is 17.8 Å². The van der Waals surface area contributed by atoms with Crippen molar-refractivity contribution in [1.82, 2.24) is 58.5 Å². The van der Waals surface area contributed by atoms with E-state index in [4.69, 9.17) is 59.4 Å². The van der Waals surface area contributed by atoms with E-state index in [0.29, 0.717) is 6.54 Å². The van der Waals surface area contributed by atoms with Crippen molar-refractivity contribution in [3.8, 4) is 0 Å². The van der Waals surface area contributed by atoms with Crippen LogP contribution in [-0.2, 0) is 76.4 Å². The molecule has 6 unspecified atom stereocenters. The minimum absolute atomic E-state index is 0.0271. The standard InChI is InChI=1S/C39H55N16O25P3/c1-51(2)5-6-71-7-14-15(75-32(21(14)56)55-13-52(3)20-28(55)47-39(42)50-31(20)61)9-73-81(64,65)79-83(68,69)80-82(66,67)74-10-17-24(25(70-4)34(77-17)54-12-44-19-27(54)46-38(41)49-30(19)60)78-36(35(62)63)72-8-16-22(57)23(58)33(76-16)53-11-43-18-26(53)45-37(40)48-29(18)59/h11-17,21-25,32-34,36,56-58H,5-10H2,1-4H3,(H12-,40,41,42,45,46,47,48,49,50,59,60,61,62,63,64,65,66,67,68,69)/p+1/t14-,15-,16-,17?,21-,22-,23-,24-,25-,32?,33-,34-,36?/m1/s1. The van der Waals surface area contributed by atoms with Crippen molar-refractivity contribution in [1.29, 1.82) is 0 Å². The van der Waals surface area contributed by atoms with Gasteiger partial charge in [0.15, 0.2) is 34.8 Å². The van der Waals surface area contributed by atoms with E-state index in [1.54, 1.807) is 19.0 Å². The molecule has 3 aliphatic heterocycles. The summed E-state index contributed by atoms with van der Waals surface area (Å²) in [6, 6.07) is 0. The molecule has 83 heavy (non-hydrogen) atoms. The molecule has 6 aromatic rings. The largest absolute Gasteiger partial charge is 0.490 e. The van der Waals surface area contributed by atoms with Gasteiger partial charge in [0.2, 0.25) is 30.4 Å². The number of phosphoric ester groups is 2. The Morgan fingerprint density at radius 2 is 1.23 bits per heavy atom. The van der Waals surface area contributed by atoms with Crippen LogP contribution >= 0.6 is 23.5 Å². The predicted molar refractivity (Wildman–Crippen MR) is 270 cm³/mol. The average Bonchev–Trinajstić information content (AvgIpc) is 2.47. The first kappa shape index (κ1) is 61.5. The molecule has 16 atom stereocenters. The summed E-state index contributed by atoms with van der Waals surface area (Å²) >= 11 is 0. The highest BCUT2D eigenvalue weighted by Crippen LogP contribution is 2.68. The summed E-state index contributed by atoms with van der Waals surface area (Å²) in [5, 5.41) is 43.8. The van der Waals surface area contributed by atoms with E-state index in [-0.39, 0.29) is 58.6 Å². The van der Waals surface area contributed by atoms with Gasteiger partial charge in [-0.2, -0.15) is 28.1 Å². The Hall–Kier alpha value is -6.11. The van der Waals surface area contributed by atoms with Gasteiger partial charge in [-0.15, -0.1) is 0 Å². The SMILES string of the molecule is CO[C@@H]1[C@H](OC(OC[C@H]2O[C@@H](n3cnc4c(=O)[nH]c(N)nc43)[C@H](O)[C@@H]2O)C(=O)O)C(COP(=O)(O)OP(=O)(O)OP(=O)(O)OC[C@H]2OC(n3c[n+](C)c4c(=O)[nH]c(N)nc43)[C@H](O)[C@@H]2COCCN(C)C)O[C@H]1n1cnc2c(=O)[nH]c(N)nc21. The van der Waals surface area contributed by atoms with Gasteiger partial charge in [0.1, 0.15) is 42.7 Å². The zero-order valence-electron chi connectivity index (χ0n) is 43.5. The number of aryl methyl sites for hydroxylation is 1. The molecule has 6 aromatic heterocycles. The highest BCUT2D eigenvalue weighted by Gasteiger charge is 2.53. The Morgan fingerprint density at radius 1 is 0.711 bits per heavy atom. The van der Waals surface area contributed by atoms with Gasteiger partial charge < -0.3 is 90.4 Å². The van der Waals surface area contributed by atoms with E-state index in [1.165, 1.54) is 22.5 Å². The Labute approximate surface area is 462 Å². The van der Waals surface area contributed by atoms with Crippen LogP contribution in [-0.4, -0.2) is 215 Å². The third kappa shape index (κ3) is 13.1. The van der Waals surface area contributed by atoms with E-state index >= 15 is 0 Å². The number of fused-ring (bicyclic) bond motifs is 3. The van der Waals surface area contributed by atoms with Crippen molar-refractivity contribution >= 4 is 80.8 Å². The Morgan fingerprint density at radius 3 is 1.80 bits per heavy atom. The summed E-state index contributed by atoms with van der Waals surface area (Å²) in [4.78, 5) is 111. The first-order valence-electron chi connectivity index (χ1n) is 24.2. The van der Waals surface area contributed by atoms with E-state index in [2.05, 4.69) is 48.5 Å². The van der Waals surface area contributed by atoms with Crippen LogP contribution in [0.3, 0.4) is 0 Å². The fraction of sp³-hybridized carbons (Fsp3) is 0.590. The molecular formula is C39H56N16O25P3+. The van der Waals surface area contributed by atoms with Crippen molar-refractivity contribution in [2.75, 3.05) is 78.0 Å². The minimum atomic E-state index is -6.23. The summed E-state index contributed by atoms with van der Waals surface area (Å²) in [6.07, 6.45) is -16.5. The minimum Gasteiger partial charge on any atom is -0.477 e. The fourth-order valence-electron chi connectivity index (χ4n) is 9.30. The number of aromatic amines is 3. The highest BCUT2D eigenvalue weighted by molar-refractivity contribution is 7.66. The number of carboxylic acid groups (broad SMARTS) is 1. The van der Waals surface area contributed by atoms with Crippen LogP contribution in [0.1, 0.15) is 18.7 Å². The number of hydrogen-bond acceptors (Lipinski definition) is 30. The van der Waals surface area contributed by atoms with E-state index in [9.17, 15) is 68.0 Å². The van der Waals surface area contributed by atoms with E-state index in [0.717, 1.165) is 28.9 Å². The number of hydrogen-bond donors (Lipinski definition) is 13. The molecule has 3 fully saturated rings. The number of nitrogen functional groups attached to an aromatic ring is 3. The quantitative estimate of drug-likeness (QED) is 0.0110. The van der Waals surface area contributed by atoms with Crippen LogP contribution in [0.2, 0.25) is 0 Å². The number of nitrogens with two attached hydrogens (primary N) is 3. The molecule has 41 nitrogen and oxygen atoms in total. The van der Waals surface area contributed by atoms with E-state index < -0.39 is 152 Å². The molecule has 9 rings (SSSR count). The van der Waals surface area contributed by atoms with Crippen LogP contribution < -0.4 is 38.4 Å². The molecule has 44 heteroatoms. The number of ether oxygens (including phenoxy) is 7. The molecule has 456 valence electrons. The zero-order valence-corrected chi connectivity index (χ0v) is 46.2. The number of aliphatic carboxylic acids is 1. The molecule has 3 saturated heterocycles. The maximum atomic E-state index is 13.4. The molecule has 0 radical (unpaired) electrons. The molecule has 0 bridgehead atoms. The second-order valence-corrected chi connectivity index (χ2v) is 23.6. The molecule has 0 saturated carbocycles. The second-order valence-electron chi connectivity index (χ2n) is 19.0. The summed E-state index contributed by atoms with van der Waals surface area (Å²) < 4.78 is 104. The van der Waals surface area contributed by atoms with Crippen molar-refractivity contribution in [3.63, 3.8) is 0 Å². The summed E-state index contributed by atoms with van der Waals surface area (Å²) in [5.74, 6) is -3.91. The second kappa shape index (κ2) is 24.1. The van der Waals surface area contributed by atoms with Crippen LogP contribution in [0.25, 0.3) is 33.5 Å². The van der Waals surface area contributed by atoms with Crippen LogP contribution in [0.15, 0.2) is 33.4 Å². The Balaban J connectivity index is 0.889. The molecule has 0 amide bonds. The third-order valence-electron chi connectivity index (χ3n) is 13.0. The van der Waals surface area contributed by atoms with E-state index in [1.807, 2.05) is 0 Å². The smallest absolute Gasteiger partial charge is 0.477 e. The average molecular weight is 1240 g/mol. The zero-order chi connectivity index (χ0) is 60.2. The number of nitrogens with zero attached hydrogens (tertiary/aromatic N) is 10.